The van der Waals surface area contributed by atoms with Crippen molar-refractivity contribution in [1.82, 2.24) is 14.5 Å². The Morgan fingerprint density at radius 2 is 1.79 bits per heavy atom. The maximum Gasteiger partial charge on any atom is 0.243 e. The fourth-order valence-corrected chi connectivity index (χ4v) is 5.26. The first-order valence-corrected chi connectivity index (χ1v) is 11.7. The van der Waals surface area contributed by atoms with E-state index in [4.69, 9.17) is 4.74 Å². The first-order valence-electron chi connectivity index (χ1n) is 10.2. The Kier molecular flexibility index (Phi) is 7.61. The van der Waals surface area contributed by atoms with Crippen molar-refractivity contribution in [2.45, 2.75) is 49.1 Å². The van der Waals surface area contributed by atoms with E-state index in [1.54, 1.807) is 12.0 Å². The molecule has 1 aromatic rings. The molecule has 0 spiro atoms. The van der Waals surface area contributed by atoms with Crippen LogP contribution in [0.2, 0.25) is 0 Å². The number of carbonyl (C=O) groups is 1. The molecule has 0 aromatic heterocycles. The van der Waals surface area contributed by atoms with Crippen LogP contribution in [-0.4, -0.2) is 76.1 Å². The maximum atomic E-state index is 13.7. The number of hydrogen-bond donors (Lipinski definition) is 1. The molecule has 0 saturated carbocycles. The molecule has 2 heterocycles. The van der Waals surface area contributed by atoms with Gasteiger partial charge >= 0.3 is 0 Å². The van der Waals surface area contributed by atoms with Gasteiger partial charge in [-0.25, -0.2) is 17.5 Å². The number of piperidine rings is 2. The summed E-state index contributed by atoms with van der Waals surface area (Å²) >= 11 is 0. The summed E-state index contributed by atoms with van der Waals surface area (Å²) in [7, 11) is -2.20. The van der Waals surface area contributed by atoms with Gasteiger partial charge in [0.2, 0.25) is 15.9 Å². The van der Waals surface area contributed by atoms with Crippen LogP contribution in [0.1, 0.15) is 32.1 Å². The Bertz CT molecular complexity index is 789. The highest BCUT2D eigenvalue weighted by Gasteiger charge is 2.29. The summed E-state index contributed by atoms with van der Waals surface area (Å²) in [5.41, 5.74) is 0. The zero-order chi connectivity index (χ0) is 20.9. The molecule has 2 aliphatic heterocycles. The van der Waals surface area contributed by atoms with E-state index < -0.39 is 20.7 Å². The standard InChI is InChI=1S/C20H30FN3O4S/c1-28-17-9-14-23(15-10-17)16-7-12-24(13-8-16)20(25)6-11-22-29(26,27)19-5-3-2-4-18(19)21/h2-5,16-17,22H,6-15H2,1H3. The molecule has 0 atom stereocenters. The Hall–Kier alpha value is -1.55. The summed E-state index contributed by atoms with van der Waals surface area (Å²) in [5, 5.41) is 0. The quantitative estimate of drug-likeness (QED) is 0.715. The Balaban J connectivity index is 1.41. The third kappa shape index (κ3) is 5.75. The monoisotopic (exact) mass is 427 g/mol. The van der Waals surface area contributed by atoms with Gasteiger partial charge in [0, 0.05) is 52.3 Å². The van der Waals surface area contributed by atoms with Gasteiger partial charge in [0.05, 0.1) is 6.10 Å². The molecule has 7 nitrogen and oxygen atoms in total. The lowest BCUT2D eigenvalue weighted by Gasteiger charge is -2.41. The van der Waals surface area contributed by atoms with Gasteiger partial charge in [0.1, 0.15) is 10.7 Å². The first kappa shape index (κ1) is 22.1. The molecular weight excluding hydrogens is 397 g/mol. The van der Waals surface area contributed by atoms with E-state index in [0.717, 1.165) is 44.8 Å². The van der Waals surface area contributed by atoms with Crippen LogP contribution in [0.25, 0.3) is 0 Å². The zero-order valence-electron chi connectivity index (χ0n) is 16.8. The number of sulfonamides is 1. The fourth-order valence-electron chi connectivity index (χ4n) is 4.15. The largest absolute Gasteiger partial charge is 0.381 e. The smallest absolute Gasteiger partial charge is 0.243 e. The van der Waals surface area contributed by atoms with E-state index in [9.17, 15) is 17.6 Å². The molecule has 162 valence electrons. The Labute approximate surface area is 172 Å². The fraction of sp³-hybridized carbons (Fsp3) is 0.650. The SMILES string of the molecule is COC1CCN(C2CCN(C(=O)CCNS(=O)(=O)c3ccccc3F)CC2)CC1. The van der Waals surface area contributed by atoms with Crippen LogP contribution in [0.4, 0.5) is 4.39 Å². The summed E-state index contributed by atoms with van der Waals surface area (Å²) in [4.78, 5) is 16.3. The van der Waals surface area contributed by atoms with E-state index >= 15 is 0 Å². The van der Waals surface area contributed by atoms with Crippen LogP contribution in [0.15, 0.2) is 29.2 Å². The van der Waals surface area contributed by atoms with Crippen LogP contribution in [-0.2, 0) is 19.6 Å². The highest BCUT2D eigenvalue weighted by Crippen LogP contribution is 2.22. The second-order valence-electron chi connectivity index (χ2n) is 7.66. The van der Waals surface area contributed by atoms with Crippen molar-refractivity contribution in [3.8, 4) is 0 Å². The summed E-state index contributed by atoms with van der Waals surface area (Å²) in [6.07, 6.45) is 4.41. The summed E-state index contributed by atoms with van der Waals surface area (Å²) in [6.45, 7) is 3.41. The van der Waals surface area contributed by atoms with E-state index in [1.165, 1.54) is 18.2 Å². The molecule has 1 N–H and O–H groups in total. The molecule has 0 unspecified atom stereocenters. The molecule has 0 aliphatic carbocycles. The molecule has 2 saturated heterocycles. The molecule has 9 heteroatoms. The van der Waals surface area contributed by atoms with E-state index in [-0.39, 0.29) is 18.9 Å². The van der Waals surface area contributed by atoms with E-state index in [2.05, 4.69) is 9.62 Å². The number of hydrogen-bond acceptors (Lipinski definition) is 5. The molecule has 1 aromatic carbocycles. The lowest BCUT2D eigenvalue weighted by molar-refractivity contribution is -0.132. The number of ether oxygens (including phenoxy) is 1. The van der Waals surface area contributed by atoms with Crippen LogP contribution >= 0.6 is 0 Å². The van der Waals surface area contributed by atoms with Crippen LogP contribution in [0.5, 0.6) is 0 Å². The van der Waals surface area contributed by atoms with Gasteiger partial charge in [0.25, 0.3) is 0 Å². The predicted molar refractivity (Wildman–Crippen MR) is 107 cm³/mol. The van der Waals surface area contributed by atoms with Crippen molar-refractivity contribution in [2.24, 2.45) is 0 Å². The molecular formula is C20H30FN3O4S. The van der Waals surface area contributed by atoms with Gasteiger partial charge in [0.15, 0.2) is 0 Å². The zero-order valence-corrected chi connectivity index (χ0v) is 17.7. The van der Waals surface area contributed by atoms with Crippen LogP contribution < -0.4 is 4.72 Å². The van der Waals surface area contributed by atoms with Crippen LogP contribution in [0.3, 0.4) is 0 Å². The molecule has 3 rings (SSSR count). The summed E-state index contributed by atoms with van der Waals surface area (Å²) < 4.78 is 45.8. The number of amides is 1. The highest BCUT2D eigenvalue weighted by atomic mass is 32.2. The van der Waals surface area contributed by atoms with Crippen molar-refractivity contribution < 1.29 is 22.3 Å². The van der Waals surface area contributed by atoms with Crippen molar-refractivity contribution in [2.75, 3.05) is 39.8 Å². The van der Waals surface area contributed by atoms with Gasteiger partial charge in [-0.1, -0.05) is 12.1 Å². The van der Waals surface area contributed by atoms with Crippen molar-refractivity contribution >= 4 is 15.9 Å². The van der Waals surface area contributed by atoms with Crippen molar-refractivity contribution in [3.05, 3.63) is 30.1 Å². The minimum absolute atomic E-state index is 0.0417. The second-order valence-corrected chi connectivity index (χ2v) is 9.40. The Morgan fingerprint density at radius 1 is 1.14 bits per heavy atom. The minimum Gasteiger partial charge on any atom is -0.381 e. The number of carbonyl (C=O) groups excluding carboxylic acids is 1. The first-order chi connectivity index (χ1) is 13.9. The average Bonchev–Trinajstić information content (AvgIpc) is 2.74. The number of nitrogens with zero attached hydrogens (tertiary/aromatic N) is 2. The lowest BCUT2D eigenvalue weighted by Crippen LogP contribution is -2.50. The average molecular weight is 428 g/mol. The van der Waals surface area contributed by atoms with E-state index in [0.29, 0.717) is 25.2 Å². The summed E-state index contributed by atoms with van der Waals surface area (Å²) in [5.74, 6) is -0.874. The van der Waals surface area contributed by atoms with Crippen LogP contribution in [0, 0.1) is 5.82 Å². The number of likely N-dealkylation sites (tertiary alicyclic amines) is 2. The third-order valence-electron chi connectivity index (χ3n) is 5.90. The highest BCUT2D eigenvalue weighted by molar-refractivity contribution is 7.89. The van der Waals surface area contributed by atoms with Gasteiger partial charge in [-0.3, -0.25) is 4.79 Å². The van der Waals surface area contributed by atoms with Crippen molar-refractivity contribution in [1.29, 1.82) is 0 Å². The number of nitrogens with one attached hydrogen (secondary N) is 1. The second kappa shape index (κ2) is 9.97. The number of benzene rings is 1. The minimum atomic E-state index is -3.96. The number of rotatable bonds is 7. The van der Waals surface area contributed by atoms with Gasteiger partial charge in [-0.15, -0.1) is 0 Å². The Morgan fingerprint density at radius 3 is 2.41 bits per heavy atom. The topological polar surface area (TPSA) is 79.0 Å². The van der Waals surface area contributed by atoms with Gasteiger partial charge in [-0.05, 0) is 37.8 Å². The molecule has 29 heavy (non-hydrogen) atoms. The molecule has 0 radical (unpaired) electrons. The molecule has 1 amide bonds. The molecule has 0 bridgehead atoms. The summed E-state index contributed by atoms with van der Waals surface area (Å²) in [6, 6.07) is 5.70. The van der Waals surface area contributed by atoms with Gasteiger partial charge < -0.3 is 14.5 Å². The maximum absolute atomic E-state index is 13.7. The normalized spacial score (nSPS) is 20.1. The molecule has 2 fully saturated rings. The van der Waals surface area contributed by atoms with Gasteiger partial charge in [-0.2, -0.15) is 0 Å². The van der Waals surface area contributed by atoms with Crippen molar-refractivity contribution in [3.63, 3.8) is 0 Å². The molecule has 2 aliphatic rings. The lowest BCUT2D eigenvalue weighted by atomic mass is 9.98. The third-order valence-corrected chi connectivity index (χ3v) is 7.39. The number of halogens is 1. The van der Waals surface area contributed by atoms with E-state index in [1.807, 2.05) is 0 Å². The number of methoxy groups -OCH3 is 1. The predicted octanol–water partition coefficient (Wildman–Crippen LogP) is 1.60.